The first kappa shape index (κ1) is 15.7. The molecule has 1 aromatic carbocycles. The molecule has 1 atom stereocenters. The molecule has 0 radical (unpaired) electrons. The van der Waals surface area contributed by atoms with Crippen LogP contribution in [0.4, 0.5) is 0 Å². The molecule has 0 fully saturated rings. The zero-order chi connectivity index (χ0) is 15.2. The molecule has 1 aromatic heterocycles. The van der Waals surface area contributed by atoms with Gasteiger partial charge in [-0.25, -0.2) is 0 Å². The zero-order valence-corrected chi connectivity index (χ0v) is 12.6. The number of halogens is 1. The summed E-state index contributed by atoms with van der Waals surface area (Å²) in [5, 5.41) is 4.44. The Labute approximate surface area is 128 Å². The van der Waals surface area contributed by atoms with Crippen molar-refractivity contribution in [1.29, 1.82) is 0 Å². The second kappa shape index (κ2) is 7.36. The molecule has 5 nitrogen and oxygen atoms in total. The first-order chi connectivity index (χ1) is 10.1. The number of carbonyl (C=O) groups excluding carboxylic acids is 1. The number of nitrogens with two attached hydrogens (primary N) is 1. The lowest BCUT2D eigenvalue weighted by Crippen LogP contribution is -2.19. The van der Waals surface area contributed by atoms with Gasteiger partial charge in [-0.3, -0.25) is 9.48 Å². The average Bonchev–Trinajstić information content (AvgIpc) is 2.87. The van der Waals surface area contributed by atoms with Crippen LogP contribution in [0.2, 0.25) is 5.02 Å². The number of ketones is 1. The summed E-state index contributed by atoms with van der Waals surface area (Å²) >= 11 is 6.06. The topological polar surface area (TPSA) is 70.1 Å². The Hall–Kier alpha value is -1.69. The van der Waals surface area contributed by atoms with Crippen LogP contribution in [-0.2, 0) is 11.3 Å². The number of aromatic nitrogens is 2. The SMILES string of the molecule is COCCn1ncc(Cl)c1C(=O)CC(N)c1ccccc1. The van der Waals surface area contributed by atoms with Gasteiger partial charge in [0.25, 0.3) is 0 Å². The van der Waals surface area contributed by atoms with E-state index in [4.69, 9.17) is 22.1 Å². The van der Waals surface area contributed by atoms with E-state index in [1.165, 1.54) is 6.20 Å². The summed E-state index contributed by atoms with van der Waals surface area (Å²) < 4.78 is 6.56. The lowest BCUT2D eigenvalue weighted by molar-refractivity contribution is 0.0960. The number of hydrogen-bond acceptors (Lipinski definition) is 4. The van der Waals surface area contributed by atoms with E-state index < -0.39 is 0 Å². The van der Waals surface area contributed by atoms with Crippen LogP contribution in [0, 0.1) is 0 Å². The fraction of sp³-hybridized carbons (Fsp3) is 0.333. The first-order valence-electron chi connectivity index (χ1n) is 6.67. The maximum absolute atomic E-state index is 12.4. The average molecular weight is 308 g/mol. The van der Waals surface area contributed by atoms with Crippen LogP contribution in [0.1, 0.15) is 28.5 Å². The molecule has 112 valence electrons. The van der Waals surface area contributed by atoms with Crippen molar-refractivity contribution in [3.63, 3.8) is 0 Å². The van der Waals surface area contributed by atoms with Gasteiger partial charge >= 0.3 is 0 Å². The normalized spacial score (nSPS) is 12.3. The van der Waals surface area contributed by atoms with Crippen LogP contribution in [0.15, 0.2) is 36.5 Å². The van der Waals surface area contributed by atoms with E-state index in [0.29, 0.717) is 23.9 Å². The minimum atomic E-state index is -0.361. The van der Waals surface area contributed by atoms with Crippen LogP contribution in [0.3, 0.4) is 0 Å². The summed E-state index contributed by atoms with van der Waals surface area (Å²) in [7, 11) is 1.60. The molecule has 0 saturated carbocycles. The molecule has 0 spiro atoms. The van der Waals surface area contributed by atoms with Crippen LogP contribution < -0.4 is 5.73 Å². The summed E-state index contributed by atoms with van der Waals surface area (Å²) in [5.74, 6) is -0.120. The maximum atomic E-state index is 12.4. The van der Waals surface area contributed by atoms with Crippen LogP contribution in [0.5, 0.6) is 0 Å². The molecule has 1 unspecified atom stereocenters. The van der Waals surface area contributed by atoms with Crippen molar-refractivity contribution in [2.45, 2.75) is 19.0 Å². The quantitative estimate of drug-likeness (QED) is 0.798. The molecule has 0 aliphatic carbocycles. The van der Waals surface area contributed by atoms with Gasteiger partial charge in [0.2, 0.25) is 0 Å². The van der Waals surface area contributed by atoms with Gasteiger partial charge in [0.05, 0.1) is 24.4 Å². The number of rotatable bonds is 7. The Balaban J connectivity index is 2.11. The predicted octanol–water partition coefficient (Wildman–Crippen LogP) is 2.46. The zero-order valence-electron chi connectivity index (χ0n) is 11.8. The number of benzene rings is 1. The highest BCUT2D eigenvalue weighted by Crippen LogP contribution is 2.21. The van der Waals surface area contributed by atoms with Gasteiger partial charge in [-0.15, -0.1) is 0 Å². The summed E-state index contributed by atoms with van der Waals surface area (Å²) in [6, 6.07) is 9.16. The van der Waals surface area contributed by atoms with Crippen molar-refractivity contribution in [1.82, 2.24) is 9.78 Å². The van der Waals surface area contributed by atoms with E-state index in [0.717, 1.165) is 5.56 Å². The Kier molecular flexibility index (Phi) is 5.50. The molecule has 1 heterocycles. The van der Waals surface area contributed by atoms with Gasteiger partial charge in [0.1, 0.15) is 5.69 Å². The Bertz CT molecular complexity index is 598. The molecule has 0 saturated heterocycles. The van der Waals surface area contributed by atoms with Gasteiger partial charge in [0, 0.05) is 19.6 Å². The predicted molar refractivity (Wildman–Crippen MR) is 81.4 cm³/mol. The number of hydrogen-bond donors (Lipinski definition) is 1. The second-order valence-electron chi connectivity index (χ2n) is 4.70. The van der Waals surface area contributed by atoms with E-state index >= 15 is 0 Å². The van der Waals surface area contributed by atoms with Gasteiger partial charge in [-0.05, 0) is 5.56 Å². The molecule has 2 N–H and O–H groups in total. The van der Waals surface area contributed by atoms with E-state index in [9.17, 15) is 4.79 Å². The minimum absolute atomic E-state index is 0.120. The van der Waals surface area contributed by atoms with E-state index in [-0.39, 0.29) is 18.2 Å². The highest BCUT2D eigenvalue weighted by Gasteiger charge is 2.20. The Morgan fingerprint density at radius 1 is 1.43 bits per heavy atom. The highest BCUT2D eigenvalue weighted by molar-refractivity contribution is 6.33. The van der Waals surface area contributed by atoms with Crippen molar-refractivity contribution < 1.29 is 9.53 Å². The van der Waals surface area contributed by atoms with Gasteiger partial charge in [-0.1, -0.05) is 41.9 Å². The third kappa shape index (κ3) is 3.91. The first-order valence-corrected chi connectivity index (χ1v) is 7.05. The molecular formula is C15H18ClN3O2. The van der Waals surface area contributed by atoms with Crippen LogP contribution in [-0.4, -0.2) is 29.3 Å². The number of ether oxygens (including phenoxy) is 1. The standard InChI is InChI=1S/C15H18ClN3O2/c1-21-8-7-19-15(12(16)10-18-19)14(20)9-13(17)11-5-3-2-4-6-11/h2-6,10,13H,7-9,17H2,1H3. The number of methoxy groups -OCH3 is 1. The number of nitrogens with zero attached hydrogens (tertiary/aromatic N) is 2. The molecule has 0 aliphatic rings. The molecule has 0 amide bonds. The second-order valence-corrected chi connectivity index (χ2v) is 5.11. The van der Waals surface area contributed by atoms with E-state index in [2.05, 4.69) is 5.10 Å². The van der Waals surface area contributed by atoms with Crippen molar-refractivity contribution in [2.24, 2.45) is 5.73 Å². The molecule has 2 rings (SSSR count). The molecular weight excluding hydrogens is 290 g/mol. The molecule has 6 heteroatoms. The lowest BCUT2D eigenvalue weighted by Gasteiger charge is -2.12. The third-order valence-corrected chi connectivity index (χ3v) is 3.48. The fourth-order valence-electron chi connectivity index (χ4n) is 2.10. The molecule has 0 aliphatic heterocycles. The minimum Gasteiger partial charge on any atom is -0.383 e. The summed E-state index contributed by atoms with van der Waals surface area (Å²) in [5.41, 5.74) is 7.39. The smallest absolute Gasteiger partial charge is 0.184 e. The van der Waals surface area contributed by atoms with Crippen molar-refractivity contribution >= 4 is 17.4 Å². The Morgan fingerprint density at radius 3 is 2.81 bits per heavy atom. The number of Topliss-reactive ketones (excluding diaryl/α,β-unsaturated/α-hetero) is 1. The van der Waals surface area contributed by atoms with Gasteiger partial charge in [0.15, 0.2) is 5.78 Å². The monoisotopic (exact) mass is 307 g/mol. The largest absolute Gasteiger partial charge is 0.383 e. The highest BCUT2D eigenvalue weighted by atomic mass is 35.5. The molecule has 0 bridgehead atoms. The van der Waals surface area contributed by atoms with Crippen LogP contribution >= 0.6 is 11.6 Å². The maximum Gasteiger partial charge on any atom is 0.184 e. The van der Waals surface area contributed by atoms with Crippen molar-refractivity contribution in [3.05, 3.63) is 52.8 Å². The van der Waals surface area contributed by atoms with Crippen molar-refractivity contribution in [2.75, 3.05) is 13.7 Å². The fourth-order valence-corrected chi connectivity index (χ4v) is 2.35. The lowest BCUT2D eigenvalue weighted by atomic mass is 10.0. The Morgan fingerprint density at radius 2 is 2.14 bits per heavy atom. The number of carbonyl (C=O) groups is 1. The summed E-state index contributed by atoms with van der Waals surface area (Å²) in [4.78, 5) is 12.4. The molecule has 2 aromatic rings. The van der Waals surface area contributed by atoms with E-state index in [1.807, 2.05) is 30.3 Å². The molecule has 21 heavy (non-hydrogen) atoms. The third-order valence-electron chi connectivity index (χ3n) is 3.20. The summed E-state index contributed by atoms with van der Waals surface area (Å²) in [6.07, 6.45) is 1.65. The van der Waals surface area contributed by atoms with Crippen LogP contribution in [0.25, 0.3) is 0 Å². The van der Waals surface area contributed by atoms with Gasteiger partial charge < -0.3 is 10.5 Å². The van der Waals surface area contributed by atoms with Crippen molar-refractivity contribution in [3.8, 4) is 0 Å². The summed E-state index contributed by atoms with van der Waals surface area (Å²) in [6.45, 7) is 0.938. The van der Waals surface area contributed by atoms with Gasteiger partial charge in [-0.2, -0.15) is 5.10 Å². The van der Waals surface area contributed by atoms with E-state index in [1.54, 1.807) is 11.8 Å².